The van der Waals surface area contributed by atoms with E-state index in [4.69, 9.17) is 21.0 Å². The fourth-order valence-electron chi connectivity index (χ4n) is 2.36. The zero-order valence-corrected chi connectivity index (χ0v) is 19.6. The molecule has 0 aliphatic heterocycles. The summed E-state index contributed by atoms with van der Waals surface area (Å²) in [6, 6.07) is 4.42. The lowest BCUT2D eigenvalue weighted by molar-refractivity contribution is -0.286. The lowest BCUT2D eigenvalue weighted by atomic mass is 10.1. The van der Waals surface area contributed by atoms with E-state index < -0.39 is 34.2 Å². The molecule has 0 aliphatic rings. The molecule has 1 aromatic rings. The van der Waals surface area contributed by atoms with Crippen molar-refractivity contribution in [3.8, 4) is 5.75 Å². The standard InChI is InChI=1S/C19H27F3N4O8S/c1-2-3-11-35(29,30)26-15(16(27)33-34-17(28)19(20,21)22)12-13-5-7-14(8-6-13)31-9-4-10-32-25-18(23)24/h5-8,15,26H,2-4,9-12H2,1H3,(H4,23,24,25)/t15-/m0/s1. The summed E-state index contributed by atoms with van der Waals surface area (Å²) in [6.07, 6.45) is -4.42. The van der Waals surface area contributed by atoms with Crippen molar-refractivity contribution in [3.63, 3.8) is 0 Å². The van der Waals surface area contributed by atoms with Gasteiger partial charge in [-0.15, -0.1) is 0 Å². The molecule has 0 aromatic heterocycles. The van der Waals surface area contributed by atoms with Gasteiger partial charge in [0.2, 0.25) is 16.0 Å². The average Bonchev–Trinajstić information content (AvgIpc) is 2.77. The molecule has 0 heterocycles. The van der Waals surface area contributed by atoms with Crippen molar-refractivity contribution in [2.75, 3.05) is 19.0 Å². The third-order valence-corrected chi connectivity index (χ3v) is 5.46. The summed E-state index contributed by atoms with van der Waals surface area (Å²) in [5, 5.41) is 3.35. The number of guanidine groups is 1. The van der Waals surface area contributed by atoms with E-state index in [1.54, 1.807) is 6.92 Å². The molecular formula is C19H27F3N4O8S. The second-order valence-corrected chi connectivity index (χ2v) is 8.89. The largest absolute Gasteiger partial charge is 0.495 e. The van der Waals surface area contributed by atoms with Crippen molar-refractivity contribution in [2.45, 2.75) is 44.8 Å². The van der Waals surface area contributed by atoms with Gasteiger partial charge in [0.05, 0.1) is 12.4 Å². The molecule has 0 bridgehead atoms. The number of carbonyl (C=O) groups is 2. The van der Waals surface area contributed by atoms with E-state index in [1.807, 2.05) is 0 Å². The molecule has 0 amide bonds. The van der Waals surface area contributed by atoms with Crippen LogP contribution in [-0.4, -0.2) is 57.5 Å². The van der Waals surface area contributed by atoms with Gasteiger partial charge in [0.25, 0.3) is 0 Å². The number of nitrogens with one attached hydrogen (secondary N) is 1. The van der Waals surface area contributed by atoms with Crippen molar-refractivity contribution in [2.24, 2.45) is 16.6 Å². The fourth-order valence-corrected chi connectivity index (χ4v) is 3.76. The minimum absolute atomic E-state index is 0.205. The summed E-state index contributed by atoms with van der Waals surface area (Å²) >= 11 is 0. The smallest absolute Gasteiger partial charge is 0.493 e. The Labute approximate surface area is 199 Å². The van der Waals surface area contributed by atoms with Crippen molar-refractivity contribution in [3.05, 3.63) is 29.8 Å². The number of unbranched alkanes of at least 4 members (excludes halogenated alkanes) is 1. The number of nitrogens with two attached hydrogens (primary N) is 2. The monoisotopic (exact) mass is 528 g/mol. The molecule has 0 aliphatic carbocycles. The molecule has 1 atom stereocenters. The molecule has 0 saturated heterocycles. The number of nitrogens with zero attached hydrogens (tertiary/aromatic N) is 1. The van der Waals surface area contributed by atoms with E-state index in [0.717, 1.165) is 0 Å². The molecule has 0 spiro atoms. The molecule has 5 N–H and O–H groups in total. The predicted molar refractivity (Wildman–Crippen MR) is 116 cm³/mol. The Bertz CT molecular complexity index is 952. The van der Waals surface area contributed by atoms with Crippen molar-refractivity contribution >= 4 is 27.9 Å². The predicted octanol–water partition coefficient (Wildman–Crippen LogP) is 0.855. The normalized spacial score (nSPS) is 12.3. The fraction of sp³-hybridized carbons (Fsp3) is 0.526. The second-order valence-electron chi connectivity index (χ2n) is 7.01. The van der Waals surface area contributed by atoms with Crippen molar-refractivity contribution in [1.29, 1.82) is 0 Å². The van der Waals surface area contributed by atoms with Gasteiger partial charge < -0.3 is 21.0 Å². The first-order chi connectivity index (χ1) is 16.3. The van der Waals surface area contributed by atoms with E-state index in [2.05, 4.69) is 19.7 Å². The highest BCUT2D eigenvalue weighted by molar-refractivity contribution is 7.89. The Kier molecular flexibility index (Phi) is 12.1. The topological polar surface area (TPSA) is 182 Å². The maximum Gasteiger partial charge on any atom is 0.495 e. The van der Waals surface area contributed by atoms with Crippen LogP contribution in [0.15, 0.2) is 29.4 Å². The lowest BCUT2D eigenvalue weighted by Crippen LogP contribution is -2.44. The highest BCUT2D eigenvalue weighted by atomic mass is 32.2. The highest BCUT2D eigenvalue weighted by Gasteiger charge is 2.43. The molecular weight excluding hydrogens is 501 g/mol. The van der Waals surface area contributed by atoms with Crippen molar-refractivity contribution < 1.29 is 50.5 Å². The zero-order valence-electron chi connectivity index (χ0n) is 18.7. The summed E-state index contributed by atoms with van der Waals surface area (Å²) in [7, 11) is -3.98. The van der Waals surface area contributed by atoms with Gasteiger partial charge >= 0.3 is 18.1 Å². The van der Waals surface area contributed by atoms with E-state index in [-0.39, 0.29) is 37.8 Å². The van der Waals surface area contributed by atoms with Gasteiger partial charge in [0.1, 0.15) is 18.4 Å². The number of carbonyl (C=O) groups excluding carboxylic acids is 2. The number of hydrogen-bond donors (Lipinski definition) is 3. The van der Waals surface area contributed by atoms with Crippen LogP contribution >= 0.6 is 0 Å². The first kappa shape index (κ1) is 29.8. The number of oxime groups is 1. The summed E-state index contributed by atoms with van der Waals surface area (Å²) < 4.78 is 68.8. The number of ether oxygens (including phenoxy) is 1. The quantitative estimate of drug-likeness (QED) is 0.103. The second kappa shape index (κ2) is 14.2. The number of benzene rings is 1. The third kappa shape index (κ3) is 12.7. The van der Waals surface area contributed by atoms with Gasteiger partial charge in [0.15, 0.2) is 0 Å². The van der Waals surface area contributed by atoms with Crippen LogP contribution < -0.4 is 20.9 Å². The minimum Gasteiger partial charge on any atom is -0.493 e. The van der Waals surface area contributed by atoms with Crippen LogP contribution in [-0.2, 0) is 40.6 Å². The SMILES string of the molecule is CCCCS(=O)(=O)N[C@@H](Cc1ccc(OCCCON=C(N)N)cc1)C(=O)OOC(=O)C(F)(F)F. The van der Waals surface area contributed by atoms with Crippen LogP contribution in [0.1, 0.15) is 31.7 Å². The Balaban J connectivity index is 2.78. The van der Waals surface area contributed by atoms with Gasteiger partial charge in [-0.2, -0.15) is 13.2 Å². The Morgan fingerprint density at radius 3 is 2.31 bits per heavy atom. The van der Waals surface area contributed by atoms with Gasteiger partial charge in [-0.1, -0.05) is 25.5 Å². The van der Waals surface area contributed by atoms with Crippen LogP contribution in [0.4, 0.5) is 13.2 Å². The molecule has 12 nitrogen and oxygen atoms in total. The number of rotatable bonds is 14. The highest BCUT2D eigenvalue weighted by Crippen LogP contribution is 2.18. The van der Waals surface area contributed by atoms with Crippen LogP contribution in [0.2, 0.25) is 0 Å². The Morgan fingerprint density at radius 1 is 1.09 bits per heavy atom. The molecule has 1 aromatic carbocycles. The van der Waals surface area contributed by atoms with Crippen LogP contribution in [0, 0.1) is 0 Å². The number of alkyl halides is 3. The summed E-state index contributed by atoms with van der Waals surface area (Å²) in [4.78, 5) is 35.2. The molecule has 1 rings (SSSR count). The van der Waals surface area contributed by atoms with E-state index in [1.165, 1.54) is 24.3 Å². The zero-order chi connectivity index (χ0) is 26.5. The maximum absolute atomic E-state index is 12.3. The minimum atomic E-state index is -5.40. The average molecular weight is 529 g/mol. The van der Waals surface area contributed by atoms with Crippen LogP contribution in [0.25, 0.3) is 0 Å². The molecule has 0 radical (unpaired) electrons. The number of hydrogen-bond acceptors (Lipinski definition) is 9. The molecule has 0 fully saturated rings. The maximum atomic E-state index is 12.3. The van der Waals surface area contributed by atoms with Crippen LogP contribution in [0.3, 0.4) is 0 Å². The summed E-state index contributed by atoms with van der Waals surface area (Å²) in [5.74, 6) is -4.38. The summed E-state index contributed by atoms with van der Waals surface area (Å²) in [5.41, 5.74) is 10.6. The lowest BCUT2D eigenvalue weighted by Gasteiger charge is -2.17. The van der Waals surface area contributed by atoms with Gasteiger partial charge in [-0.05, 0) is 35.7 Å². The van der Waals surface area contributed by atoms with Crippen LogP contribution in [0.5, 0.6) is 5.75 Å². The first-order valence-electron chi connectivity index (χ1n) is 10.3. The van der Waals surface area contributed by atoms with Gasteiger partial charge in [-0.3, -0.25) is 0 Å². The molecule has 198 valence electrons. The number of sulfonamides is 1. The third-order valence-electron chi connectivity index (χ3n) is 3.99. The van der Waals surface area contributed by atoms with Gasteiger partial charge in [-0.25, -0.2) is 32.5 Å². The Morgan fingerprint density at radius 2 is 1.74 bits per heavy atom. The number of halogens is 3. The van der Waals surface area contributed by atoms with E-state index in [0.29, 0.717) is 24.2 Å². The van der Waals surface area contributed by atoms with Crippen molar-refractivity contribution in [1.82, 2.24) is 4.72 Å². The van der Waals surface area contributed by atoms with Gasteiger partial charge in [0, 0.05) is 6.42 Å². The van der Waals surface area contributed by atoms with E-state index in [9.17, 15) is 31.2 Å². The molecule has 16 heteroatoms. The first-order valence-corrected chi connectivity index (χ1v) is 11.9. The Hall–Kier alpha value is -3.27. The summed E-state index contributed by atoms with van der Waals surface area (Å²) in [6.45, 7) is 2.21. The molecule has 35 heavy (non-hydrogen) atoms. The molecule has 0 unspecified atom stereocenters. The van der Waals surface area contributed by atoms with E-state index >= 15 is 0 Å². The molecule has 0 saturated carbocycles.